The SMILES string of the molecule is COC(=O)c1ccc(C(=O)OC)c(OCCN)c1. The van der Waals surface area contributed by atoms with Gasteiger partial charge in [-0.1, -0.05) is 0 Å². The number of rotatable bonds is 5. The molecule has 0 spiro atoms. The molecule has 0 heterocycles. The average molecular weight is 253 g/mol. The van der Waals surface area contributed by atoms with Crippen LogP contribution in [-0.4, -0.2) is 39.3 Å². The highest BCUT2D eigenvalue weighted by atomic mass is 16.5. The Hall–Kier alpha value is -2.08. The highest BCUT2D eigenvalue weighted by Gasteiger charge is 2.16. The average Bonchev–Trinajstić information content (AvgIpc) is 2.42. The van der Waals surface area contributed by atoms with Crippen LogP contribution in [0.1, 0.15) is 20.7 Å². The minimum absolute atomic E-state index is 0.231. The van der Waals surface area contributed by atoms with Crippen molar-refractivity contribution in [1.29, 1.82) is 0 Å². The molecule has 0 saturated carbocycles. The second-order valence-corrected chi connectivity index (χ2v) is 3.33. The fourth-order valence-electron chi connectivity index (χ4n) is 1.33. The minimum atomic E-state index is -0.543. The van der Waals surface area contributed by atoms with Gasteiger partial charge in [-0.05, 0) is 18.2 Å². The van der Waals surface area contributed by atoms with E-state index in [1.807, 2.05) is 0 Å². The molecule has 98 valence electrons. The summed E-state index contributed by atoms with van der Waals surface area (Å²) < 4.78 is 14.5. The summed E-state index contributed by atoms with van der Waals surface area (Å²) >= 11 is 0. The van der Waals surface area contributed by atoms with Crippen molar-refractivity contribution in [2.45, 2.75) is 0 Å². The molecule has 0 radical (unpaired) electrons. The molecule has 0 amide bonds. The van der Waals surface area contributed by atoms with Crippen molar-refractivity contribution in [3.63, 3.8) is 0 Å². The van der Waals surface area contributed by atoms with Crippen LogP contribution < -0.4 is 10.5 Å². The normalized spacial score (nSPS) is 9.72. The lowest BCUT2D eigenvalue weighted by molar-refractivity contribution is 0.0582. The summed E-state index contributed by atoms with van der Waals surface area (Å²) in [6.07, 6.45) is 0. The summed E-state index contributed by atoms with van der Waals surface area (Å²) in [5.74, 6) is -0.808. The van der Waals surface area contributed by atoms with Crippen LogP contribution in [0.15, 0.2) is 18.2 Å². The molecular weight excluding hydrogens is 238 g/mol. The van der Waals surface area contributed by atoms with Gasteiger partial charge in [0.1, 0.15) is 17.9 Å². The smallest absolute Gasteiger partial charge is 0.341 e. The standard InChI is InChI=1S/C12H15NO5/c1-16-11(14)8-3-4-9(12(15)17-2)10(7-8)18-6-5-13/h3-4,7H,5-6,13H2,1-2H3. The fraction of sp³-hybridized carbons (Fsp3) is 0.333. The molecule has 0 bridgehead atoms. The predicted molar refractivity (Wildman–Crippen MR) is 63.7 cm³/mol. The van der Waals surface area contributed by atoms with E-state index in [2.05, 4.69) is 9.47 Å². The zero-order chi connectivity index (χ0) is 13.5. The lowest BCUT2D eigenvalue weighted by Crippen LogP contribution is -2.14. The summed E-state index contributed by atoms with van der Waals surface area (Å²) in [6, 6.07) is 4.34. The maximum absolute atomic E-state index is 11.5. The topological polar surface area (TPSA) is 87.9 Å². The largest absolute Gasteiger partial charge is 0.491 e. The van der Waals surface area contributed by atoms with Crippen molar-refractivity contribution in [3.8, 4) is 5.75 Å². The van der Waals surface area contributed by atoms with E-state index in [-0.39, 0.29) is 23.5 Å². The van der Waals surface area contributed by atoms with Gasteiger partial charge in [-0.3, -0.25) is 0 Å². The van der Waals surface area contributed by atoms with Crippen molar-refractivity contribution in [1.82, 2.24) is 0 Å². The summed E-state index contributed by atoms with van der Waals surface area (Å²) in [4.78, 5) is 22.9. The van der Waals surface area contributed by atoms with E-state index in [9.17, 15) is 9.59 Å². The first kappa shape index (κ1) is 14.0. The van der Waals surface area contributed by atoms with E-state index in [0.717, 1.165) is 0 Å². The van der Waals surface area contributed by atoms with E-state index in [0.29, 0.717) is 6.54 Å². The molecule has 0 fully saturated rings. The Bertz CT molecular complexity index is 444. The molecule has 1 aromatic rings. The van der Waals surface area contributed by atoms with Gasteiger partial charge in [0.2, 0.25) is 0 Å². The molecule has 0 aromatic heterocycles. The van der Waals surface area contributed by atoms with Crippen LogP contribution >= 0.6 is 0 Å². The molecule has 1 rings (SSSR count). The number of esters is 2. The number of carbonyl (C=O) groups is 2. The molecule has 0 atom stereocenters. The maximum atomic E-state index is 11.5. The monoisotopic (exact) mass is 253 g/mol. The number of hydrogen-bond donors (Lipinski definition) is 1. The zero-order valence-corrected chi connectivity index (χ0v) is 10.3. The Balaban J connectivity index is 3.11. The van der Waals surface area contributed by atoms with Crippen LogP contribution in [0.4, 0.5) is 0 Å². The van der Waals surface area contributed by atoms with E-state index < -0.39 is 11.9 Å². The molecule has 0 aliphatic heterocycles. The molecule has 0 aliphatic carbocycles. The highest BCUT2D eigenvalue weighted by Crippen LogP contribution is 2.22. The summed E-state index contributed by atoms with van der Waals surface area (Å²) in [6.45, 7) is 0.525. The van der Waals surface area contributed by atoms with Crippen LogP contribution in [0.3, 0.4) is 0 Å². The molecule has 1 aromatic carbocycles. The summed E-state index contributed by atoms with van der Waals surface area (Å²) in [5.41, 5.74) is 5.85. The third kappa shape index (κ3) is 3.21. The number of carbonyl (C=O) groups excluding carboxylic acids is 2. The van der Waals surface area contributed by atoms with Crippen LogP contribution in [0.5, 0.6) is 5.75 Å². The molecular formula is C12H15NO5. The van der Waals surface area contributed by atoms with E-state index >= 15 is 0 Å². The van der Waals surface area contributed by atoms with Gasteiger partial charge in [0.25, 0.3) is 0 Å². The summed E-state index contributed by atoms with van der Waals surface area (Å²) in [7, 11) is 2.54. The van der Waals surface area contributed by atoms with E-state index in [4.69, 9.17) is 10.5 Å². The number of methoxy groups -OCH3 is 2. The quantitative estimate of drug-likeness (QED) is 0.773. The summed E-state index contributed by atoms with van der Waals surface area (Å²) in [5, 5.41) is 0. The first-order valence-corrected chi connectivity index (χ1v) is 5.27. The van der Waals surface area contributed by atoms with Crippen molar-refractivity contribution < 1.29 is 23.8 Å². The lowest BCUT2D eigenvalue weighted by atomic mass is 10.1. The first-order chi connectivity index (χ1) is 8.63. The number of hydrogen-bond acceptors (Lipinski definition) is 6. The van der Waals surface area contributed by atoms with Gasteiger partial charge >= 0.3 is 11.9 Å². The third-order valence-electron chi connectivity index (χ3n) is 2.18. The van der Waals surface area contributed by atoms with E-state index in [1.165, 1.54) is 32.4 Å². The van der Waals surface area contributed by atoms with Gasteiger partial charge in [0.15, 0.2) is 0 Å². The fourth-order valence-corrected chi connectivity index (χ4v) is 1.33. The number of nitrogens with two attached hydrogens (primary N) is 1. The third-order valence-corrected chi connectivity index (χ3v) is 2.18. The van der Waals surface area contributed by atoms with Gasteiger partial charge in [0.05, 0.1) is 19.8 Å². The molecule has 6 nitrogen and oxygen atoms in total. The molecule has 6 heteroatoms. The predicted octanol–water partition coefficient (Wildman–Crippen LogP) is 0.597. The maximum Gasteiger partial charge on any atom is 0.341 e. The minimum Gasteiger partial charge on any atom is -0.491 e. The Morgan fingerprint density at radius 1 is 1.17 bits per heavy atom. The van der Waals surface area contributed by atoms with Crippen LogP contribution in [0, 0.1) is 0 Å². The van der Waals surface area contributed by atoms with Crippen LogP contribution in [-0.2, 0) is 9.47 Å². The van der Waals surface area contributed by atoms with Crippen molar-refractivity contribution in [2.75, 3.05) is 27.4 Å². The second kappa shape index (κ2) is 6.61. The van der Waals surface area contributed by atoms with Crippen molar-refractivity contribution in [2.24, 2.45) is 5.73 Å². The van der Waals surface area contributed by atoms with Crippen molar-refractivity contribution in [3.05, 3.63) is 29.3 Å². The van der Waals surface area contributed by atoms with Gasteiger partial charge in [-0.15, -0.1) is 0 Å². The van der Waals surface area contributed by atoms with Crippen LogP contribution in [0.2, 0.25) is 0 Å². The molecule has 0 unspecified atom stereocenters. The molecule has 2 N–H and O–H groups in total. The zero-order valence-electron chi connectivity index (χ0n) is 10.3. The number of ether oxygens (including phenoxy) is 3. The Kier molecular flexibility index (Phi) is 5.13. The van der Waals surface area contributed by atoms with Gasteiger partial charge in [-0.25, -0.2) is 9.59 Å². The van der Waals surface area contributed by atoms with Crippen LogP contribution in [0.25, 0.3) is 0 Å². The van der Waals surface area contributed by atoms with Crippen molar-refractivity contribution >= 4 is 11.9 Å². The van der Waals surface area contributed by atoms with E-state index in [1.54, 1.807) is 0 Å². The number of benzene rings is 1. The lowest BCUT2D eigenvalue weighted by Gasteiger charge is -2.10. The highest BCUT2D eigenvalue weighted by molar-refractivity contribution is 5.96. The van der Waals surface area contributed by atoms with Gasteiger partial charge < -0.3 is 19.9 Å². The second-order valence-electron chi connectivity index (χ2n) is 3.33. The first-order valence-electron chi connectivity index (χ1n) is 5.27. The Labute approximate surface area is 105 Å². The molecule has 18 heavy (non-hydrogen) atoms. The Morgan fingerprint density at radius 2 is 1.83 bits per heavy atom. The van der Waals surface area contributed by atoms with Gasteiger partial charge in [-0.2, -0.15) is 0 Å². The van der Waals surface area contributed by atoms with Gasteiger partial charge in [0, 0.05) is 6.54 Å². The molecule has 0 saturated heterocycles. The Morgan fingerprint density at radius 3 is 2.39 bits per heavy atom. The molecule has 0 aliphatic rings.